The van der Waals surface area contributed by atoms with Crippen LogP contribution in [0, 0.1) is 0 Å². The Balaban J connectivity index is 1.75. The fourth-order valence-corrected chi connectivity index (χ4v) is 3.15. The summed E-state index contributed by atoms with van der Waals surface area (Å²) in [5.74, 6) is -1.84. The normalized spacial score (nSPS) is 44.3. The van der Waals surface area contributed by atoms with E-state index < -0.39 is 17.4 Å². The second kappa shape index (κ2) is 4.88. The molecule has 6 nitrogen and oxygen atoms in total. The SMILES string of the molecule is CC1(C)O[C@@H]([C@@H]2COC(C)(C)O2)[C@H]([C@@H]2COC(C)(C)O2)O1. The van der Waals surface area contributed by atoms with Crippen molar-refractivity contribution in [1.29, 1.82) is 0 Å². The van der Waals surface area contributed by atoms with Crippen LogP contribution in [0.1, 0.15) is 41.5 Å². The molecule has 6 heteroatoms. The minimum Gasteiger partial charge on any atom is -0.348 e. The van der Waals surface area contributed by atoms with Crippen molar-refractivity contribution in [3.8, 4) is 0 Å². The topological polar surface area (TPSA) is 55.4 Å². The molecule has 3 aliphatic rings. The average Bonchev–Trinajstić information content (AvgIpc) is 2.94. The van der Waals surface area contributed by atoms with Crippen molar-refractivity contribution in [2.75, 3.05) is 13.2 Å². The van der Waals surface area contributed by atoms with E-state index in [1.165, 1.54) is 0 Å². The molecular formula is C15H26O6. The van der Waals surface area contributed by atoms with Gasteiger partial charge in [-0.3, -0.25) is 0 Å². The summed E-state index contributed by atoms with van der Waals surface area (Å²) in [4.78, 5) is 0. The third-order valence-corrected chi connectivity index (χ3v) is 3.96. The van der Waals surface area contributed by atoms with Crippen molar-refractivity contribution in [2.45, 2.75) is 83.3 Å². The molecule has 0 amide bonds. The fourth-order valence-electron chi connectivity index (χ4n) is 3.15. The summed E-state index contributed by atoms with van der Waals surface area (Å²) in [7, 11) is 0. The van der Waals surface area contributed by atoms with E-state index in [1.54, 1.807) is 0 Å². The number of ether oxygens (including phenoxy) is 6. The summed E-state index contributed by atoms with van der Waals surface area (Å²) in [5, 5.41) is 0. The molecule has 0 aromatic heterocycles. The van der Waals surface area contributed by atoms with E-state index in [0.717, 1.165) is 0 Å². The second-order valence-corrected chi connectivity index (χ2v) is 7.30. The van der Waals surface area contributed by atoms with Crippen LogP contribution in [0.3, 0.4) is 0 Å². The zero-order valence-electron chi connectivity index (χ0n) is 13.7. The van der Waals surface area contributed by atoms with Crippen molar-refractivity contribution < 1.29 is 28.4 Å². The molecule has 122 valence electrons. The Morgan fingerprint density at radius 1 is 0.571 bits per heavy atom. The molecule has 0 radical (unpaired) electrons. The second-order valence-electron chi connectivity index (χ2n) is 7.30. The van der Waals surface area contributed by atoms with E-state index in [4.69, 9.17) is 28.4 Å². The Kier molecular flexibility index (Phi) is 3.63. The van der Waals surface area contributed by atoms with Crippen LogP contribution in [-0.2, 0) is 28.4 Å². The van der Waals surface area contributed by atoms with Gasteiger partial charge in [-0.05, 0) is 41.5 Å². The first-order chi connectivity index (χ1) is 9.57. The lowest BCUT2D eigenvalue weighted by atomic mass is 10.0. The maximum absolute atomic E-state index is 6.06. The molecule has 4 atom stereocenters. The molecule has 0 spiro atoms. The van der Waals surface area contributed by atoms with Gasteiger partial charge in [-0.25, -0.2) is 0 Å². The molecule has 3 aliphatic heterocycles. The lowest BCUT2D eigenvalue weighted by molar-refractivity contribution is -0.178. The van der Waals surface area contributed by atoms with Gasteiger partial charge in [0.15, 0.2) is 17.4 Å². The largest absolute Gasteiger partial charge is 0.348 e. The summed E-state index contributed by atoms with van der Waals surface area (Å²) >= 11 is 0. The van der Waals surface area contributed by atoms with E-state index in [0.29, 0.717) is 13.2 Å². The van der Waals surface area contributed by atoms with Crippen molar-refractivity contribution in [3.05, 3.63) is 0 Å². The summed E-state index contributed by atoms with van der Waals surface area (Å²) in [6.45, 7) is 12.4. The van der Waals surface area contributed by atoms with Gasteiger partial charge in [0.2, 0.25) is 0 Å². The molecule has 3 heterocycles. The molecule has 21 heavy (non-hydrogen) atoms. The average molecular weight is 302 g/mol. The van der Waals surface area contributed by atoms with E-state index >= 15 is 0 Å². The Labute approximate surface area is 126 Å². The molecule has 0 bridgehead atoms. The molecule has 3 fully saturated rings. The maximum Gasteiger partial charge on any atom is 0.164 e. The van der Waals surface area contributed by atoms with Crippen molar-refractivity contribution in [2.24, 2.45) is 0 Å². The van der Waals surface area contributed by atoms with Crippen LogP contribution in [0.25, 0.3) is 0 Å². The highest BCUT2D eigenvalue weighted by Gasteiger charge is 2.54. The van der Waals surface area contributed by atoms with Crippen molar-refractivity contribution >= 4 is 0 Å². The van der Waals surface area contributed by atoms with Crippen LogP contribution in [0.2, 0.25) is 0 Å². The highest BCUT2D eigenvalue weighted by atomic mass is 16.8. The smallest absolute Gasteiger partial charge is 0.164 e. The van der Waals surface area contributed by atoms with E-state index in [9.17, 15) is 0 Å². The van der Waals surface area contributed by atoms with Crippen LogP contribution >= 0.6 is 0 Å². The highest BCUT2D eigenvalue weighted by Crippen LogP contribution is 2.39. The van der Waals surface area contributed by atoms with Gasteiger partial charge >= 0.3 is 0 Å². The predicted octanol–water partition coefficient (Wildman–Crippen LogP) is 1.81. The lowest BCUT2D eigenvalue weighted by Gasteiger charge is -2.26. The van der Waals surface area contributed by atoms with Crippen molar-refractivity contribution in [1.82, 2.24) is 0 Å². The predicted molar refractivity (Wildman–Crippen MR) is 73.6 cm³/mol. The van der Waals surface area contributed by atoms with Crippen LogP contribution in [-0.4, -0.2) is 55.0 Å². The van der Waals surface area contributed by atoms with Gasteiger partial charge in [-0.1, -0.05) is 0 Å². The van der Waals surface area contributed by atoms with Crippen LogP contribution in [0.4, 0.5) is 0 Å². The molecule has 0 aliphatic carbocycles. The summed E-state index contributed by atoms with van der Waals surface area (Å²) < 4.78 is 35.3. The first kappa shape index (κ1) is 15.6. The molecular weight excluding hydrogens is 276 g/mol. The molecule has 3 rings (SSSR count). The minimum atomic E-state index is -0.665. The third kappa shape index (κ3) is 3.25. The lowest BCUT2D eigenvalue weighted by Crippen LogP contribution is -2.45. The first-order valence-electron chi connectivity index (χ1n) is 7.56. The van der Waals surface area contributed by atoms with Gasteiger partial charge in [-0.15, -0.1) is 0 Å². The number of hydrogen-bond donors (Lipinski definition) is 0. The quantitative estimate of drug-likeness (QED) is 0.775. The first-order valence-corrected chi connectivity index (χ1v) is 7.56. The van der Waals surface area contributed by atoms with Gasteiger partial charge in [0.25, 0.3) is 0 Å². The molecule has 0 aromatic rings. The number of rotatable bonds is 2. The van der Waals surface area contributed by atoms with Crippen LogP contribution < -0.4 is 0 Å². The van der Waals surface area contributed by atoms with Gasteiger partial charge in [0.05, 0.1) is 13.2 Å². The Hall–Kier alpha value is -0.240. The maximum atomic E-state index is 6.06. The number of hydrogen-bond acceptors (Lipinski definition) is 6. The fraction of sp³-hybridized carbons (Fsp3) is 1.00. The Morgan fingerprint density at radius 2 is 0.952 bits per heavy atom. The standard InChI is InChI=1S/C15H26O6/c1-13(2)16-7-9(18-13)11-12(21-15(5,6)20-11)10-8-17-14(3,4)19-10/h9-12H,7-8H2,1-6H3/t9-,10-,11-,12-/m0/s1. The zero-order valence-corrected chi connectivity index (χ0v) is 13.7. The Morgan fingerprint density at radius 3 is 1.24 bits per heavy atom. The van der Waals surface area contributed by atoms with Gasteiger partial charge < -0.3 is 28.4 Å². The Bertz CT molecular complexity index is 369. The molecule has 0 unspecified atom stereocenters. The minimum absolute atomic E-state index is 0.168. The van der Waals surface area contributed by atoms with E-state index in [2.05, 4.69) is 0 Å². The van der Waals surface area contributed by atoms with Crippen LogP contribution in [0.5, 0.6) is 0 Å². The van der Waals surface area contributed by atoms with Gasteiger partial charge in [-0.2, -0.15) is 0 Å². The van der Waals surface area contributed by atoms with Gasteiger partial charge in [0, 0.05) is 0 Å². The van der Waals surface area contributed by atoms with E-state index in [1.807, 2.05) is 41.5 Å². The highest BCUT2D eigenvalue weighted by molar-refractivity contribution is 4.96. The third-order valence-electron chi connectivity index (χ3n) is 3.96. The molecule has 0 aromatic carbocycles. The summed E-state index contributed by atoms with van der Waals surface area (Å²) in [5.41, 5.74) is 0. The van der Waals surface area contributed by atoms with Crippen molar-refractivity contribution in [3.63, 3.8) is 0 Å². The zero-order chi connectivity index (χ0) is 15.5. The van der Waals surface area contributed by atoms with Crippen LogP contribution in [0.15, 0.2) is 0 Å². The summed E-state index contributed by atoms with van der Waals surface area (Å²) in [6, 6.07) is 0. The molecule has 0 N–H and O–H groups in total. The molecule has 3 saturated heterocycles. The monoisotopic (exact) mass is 302 g/mol. The van der Waals surface area contributed by atoms with Gasteiger partial charge in [0.1, 0.15) is 24.4 Å². The van der Waals surface area contributed by atoms with E-state index in [-0.39, 0.29) is 24.4 Å². The summed E-state index contributed by atoms with van der Waals surface area (Å²) in [6.07, 6.45) is -0.799. The molecule has 0 saturated carbocycles.